The zero-order valence-corrected chi connectivity index (χ0v) is 14.9. The van der Waals surface area contributed by atoms with Crippen molar-refractivity contribution in [1.82, 2.24) is 5.32 Å². The third kappa shape index (κ3) is 9.53. The Morgan fingerprint density at radius 3 is 2.19 bits per heavy atom. The van der Waals surface area contributed by atoms with Crippen molar-refractivity contribution >= 4 is 9.05 Å². The van der Waals surface area contributed by atoms with Gasteiger partial charge in [-0.2, -0.15) is 0 Å². The lowest BCUT2D eigenvalue weighted by Gasteiger charge is -2.30. The van der Waals surface area contributed by atoms with Gasteiger partial charge >= 0.3 is 9.05 Å². The summed E-state index contributed by atoms with van der Waals surface area (Å²) < 4.78 is 28.1. The van der Waals surface area contributed by atoms with Crippen LogP contribution in [-0.4, -0.2) is 61.9 Å². The van der Waals surface area contributed by atoms with Crippen LogP contribution < -0.4 is 11.1 Å². The molecule has 0 radical (unpaired) electrons. The maximum absolute atomic E-state index is 5.91. The van der Waals surface area contributed by atoms with Crippen LogP contribution in [0.5, 0.6) is 0 Å². The standard InChI is InChI=1S/C13H32N2O5Si/c1-5-17-13(9-8-11-15-12-10-14)20-21(16-4,18-6-2)19-7-3/h13,15H,5-12,14H2,1-4H3. The Hall–Kier alpha value is -0.0631. The molecule has 0 fully saturated rings. The third-order valence-electron chi connectivity index (χ3n) is 2.64. The Balaban J connectivity index is 4.39. The molecule has 1 atom stereocenters. The van der Waals surface area contributed by atoms with Crippen molar-refractivity contribution in [2.45, 2.75) is 39.9 Å². The Morgan fingerprint density at radius 2 is 1.71 bits per heavy atom. The molecule has 0 aliphatic heterocycles. The fourth-order valence-electron chi connectivity index (χ4n) is 1.77. The van der Waals surface area contributed by atoms with Crippen LogP contribution in [0.15, 0.2) is 0 Å². The van der Waals surface area contributed by atoms with Crippen LogP contribution in [0.25, 0.3) is 0 Å². The van der Waals surface area contributed by atoms with Crippen molar-refractivity contribution in [3.8, 4) is 0 Å². The van der Waals surface area contributed by atoms with Gasteiger partial charge in [0.1, 0.15) is 0 Å². The molecule has 3 N–H and O–H groups in total. The molecule has 0 rings (SSSR count). The van der Waals surface area contributed by atoms with Gasteiger partial charge in [0.25, 0.3) is 0 Å². The van der Waals surface area contributed by atoms with Crippen molar-refractivity contribution in [2.24, 2.45) is 5.73 Å². The van der Waals surface area contributed by atoms with E-state index in [1.807, 2.05) is 20.8 Å². The minimum atomic E-state index is -3.11. The summed E-state index contributed by atoms with van der Waals surface area (Å²) in [5.74, 6) is 0. The zero-order valence-electron chi connectivity index (χ0n) is 13.9. The van der Waals surface area contributed by atoms with Crippen LogP contribution in [0.1, 0.15) is 33.6 Å². The number of ether oxygens (including phenoxy) is 1. The average Bonchev–Trinajstić information content (AvgIpc) is 2.47. The molecule has 21 heavy (non-hydrogen) atoms. The van der Waals surface area contributed by atoms with Gasteiger partial charge in [0.05, 0.1) is 0 Å². The zero-order chi connectivity index (χ0) is 16.0. The number of hydrogen-bond acceptors (Lipinski definition) is 7. The predicted molar refractivity (Wildman–Crippen MR) is 83.7 cm³/mol. The van der Waals surface area contributed by atoms with Crippen LogP contribution >= 0.6 is 0 Å². The lowest BCUT2D eigenvalue weighted by Crippen LogP contribution is -2.51. The van der Waals surface area contributed by atoms with Gasteiger partial charge in [-0.3, -0.25) is 0 Å². The fraction of sp³-hybridized carbons (Fsp3) is 1.00. The smallest absolute Gasteiger partial charge is 0.355 e. The molecule has 7 nitrogen and oxygen atoms in total. The van der Waals surface area contributed by atoms with E-state index in [2.05, 4.69) is 5.32 Å². The SMILES string of the molecule is CCOC(CCCNCCN)O[Si](OC)(OCC)OCC. The summed E-state index contributed by atoms with van der Waals surface area (Å²) in [5.41, 5.74) is 5.43. The Bertz CT molecular complexity index is 231. The van der Waals surface area contributed by atoms with Crippen molar-refractivity contribution < 1.29 is 22.4 Å². The van der Waals surface area contributed by atoms with Crippen LogP contribution in [0.2, 0.25) is 0 Å². The normalized spacial score (nSPS) is 13.6. The van der Waals surface area contributed by atoms with Crippen LogP contribution in [-0.2, 0) is 22.4 Å². The monoisotopic (exact) mass is 324 g/mol. The summed E-state index contributed by atoms with van der Waals surface area (Å²) in [6, 6.07) is 0. The number of rotatable bonds is 15. The number of nitrogens with one attached hydrogen (secondary N) is 1. The van der Waals surface area contributed by atoms with E-state index >= 15 is 0 Å². The molecule has 128 valence electrons. The molecule has 0 aliphatic carbocycles. The third-order valence-corrected chi connectivity index (χ3v) is 4.97. The van der Waals surface area contributed by atoms with Gasteiger partial charge in [0, 0.05) is 40.0 Å². The van der Waals surface area contributed by atoms with E-state index in [0.717, 1.165) is 25.9 Å². The van der Waals surface area contributed by atoms with Gasteiger partial charge in [-0.15, -0.1) is 0 Å². The minimum Gasteiger partial charge on any atom is -0.355 e. The molecule has 0 saturated carbocycles. The van der Waals surface area contributed by atoms with Gasteiger partial charge < -0.3 is 33.5 Å². The molecule has 8 heteroatoms. The lowest BCUT2D eigenvalue weighted by atomic mass is 10.3. The second-order valence-electron chi connectivity index (χ2n) is 4.25. The van der Waals surface area contributed by atoms with Crippen molar-refractivity contribution in [1.29, 1.82) is 0 Å². The highest BCUT2D eigenvalue weighted by molar-refractivity contribution is 6.53. The highest BCUT2D eigenvalue weighted by Crippen LogP contribution is 2.17. The van der Waals surface area contributed by atoms with Gasteiger partial charge in [0.2, 0.25) is 0 Å². The second-order valence-corrected chi connectivity index (χ2v) is 6.48. The summed E-state index contributed by atoms with van der Waals surface area (Å²) in [7, 11) is -1.57. The van der Waals surface area contributed by atoms with E-state index in [1.165, 1.54) is 0 Å². The lowest BCUT2D eigenvalue weighted by molar-refractivity contribution is -0.146. The largest absolute Gasteiger partial charge is 0.681 e. The van der Waals surface area contributed by atoms with Crippen molar-refractivity contribution in [2.75, 3.05) is 46.6 Å². The van der Waals surface area contributed by atoms with Gasteiger partial charge in [0.15, 0.2) is 6.29 Å². The molecule has 0 heterocycles. The highest BCUT2D eigenvalue weighted by Gasteiger charge is 2.46. The van der Waals surface area contributed by atoms with E-state index in [4.69, 9.17) is 28.2 Å². The topological polar surface area (TPSA) is 84.2 Å². The number of nitrogens with two attached hydrogens (primary N) is 1. The molecule has 0 saturated heterocycles. The molecule has 0 bridgehead atoms. The first kappa shape index (κ1) is 20.9. The van der Waals surface area contributed by atoms with E-state index in [-0.39, 0.29) is 6.29 Å². The van der Waals surface area contributed by atoms with Gasteiger partial charge in [-0.25, -0.2) is 0 Å². The Kier molecular flexibility index (Phi) is 13.5. The Labute approximate surface area is 129 Å². The maximum Gasteiger partial charge on any atom is 0.681 e. The highest BCUT2D eigenvalue weighted by atomic mass is 28.4. The summed E-state index contributed by atoms with van der Waals surface area (Å²) in [5, 5.41) is 3.24. The van der Waals surface area contributed by atoms with E-state index in [1.54, 1.807) is 7.11 Å². The Morgan fingerprint density at radius 1 is 1.05 bits per heavy atom. The molecule has 0 aliphatic rings. The van der Waals surface area contributed by atoms with Crippen LogP contribution in [0, 0.1) is 0 Å². The fourth-order valence-corrected chi connectivity index (χ4v) is 3.54. The summed E-state index contributed by atoms with van der Waals surface area (Å²) in [6.45, 7) is 9.52. The molecular formula is C13H32N2O5Si. The quantitative estimate of drug-likeness (QED) is 0.262. The minimum absolute atomic E-state index is 0.389. The summed E-state index contributed by atoms with van der Waals surface area (Å²) in [6.07, 6.45) is 1.26. The van der Waals surface area contributed by atoms with E-state index in [0.29, 0.717) is 26.4 Å². The molecule has 0 amide bonds. The first-order chi connectivity index (χ1) is 10.2. The molecule has 0 aromatic carbocycles. The molecule has 1 unspecified atom stereocenters. The second kappa shape index (κ2) is 13.6. The summed E-state index contributed by atoms with van der Waals surface area (Å²) >= 11 is 0. The molecule has 0 aromatic heterocycles. The molecule has 0 aromatic rings. The average molecular weight is 324 g/mol. The van der Waals surface area contributed by atoms with Crippen LogP contribution in [0.3, 0.4) is 0 Å². The van der Waals surface area contributed by atoms with E-state index in [9.17, 15) is 0 Å². The van der Waals surface area contributed by atoms with Crippen molar-refractivity contribution in [3.63, 3.8) is 0 Å². The predicted octanol–water partition coefficient (Wildman–Crippen LogP) is 0.849. The van der Waals surface area contributed by atoms with Gasteiger partial charge in [-0.05, 0) is 40.2 Å². The first-order valence-corrected chi connectivity index (χ1v) is 9.34. The van der Waals surface area contributed by atoms with Crippen molar-refractivity contribution in [3.05, 3.63) is 0 Å². The first-order valence-electron chi connectivity index (χ1n) is 7.71. The van der Waals surface area contributed by atoms with Crippen LogP contribution in [0.4, 0.5) is 0 Å². The van der Waals surface area contributed by atoms with E-state index < -0.39 is 9.05 Å². The molecular weight excluding hydrogens is 292 g/mol. The summed E-state index contributed by atoms with van der Waals surface area (Å²) in [4.78, 5) is 0. The van der Waals surface area contributed by atoms with Gasteiger partial charge in [-0.1, -0.05) is 0 Å². The number of hydrogen-bond donors (Lipinski definition) is 2. The molecule has 0 spiro atoms. The maximum atomic E-state index is 5.91.